The van der Waals surface area contributed by atoms with Gasteiger partial charge in [-0.15, -0.1) is 0 Å². The highest BCUT2D eigenvalue weighted by molar-refractivity contribution is 5.88. The van der Waals surface area contributed by atoms with Crippen LogP contribution in [0.1, 0.15) is 0 Å². The van der Waals surface area contributed by atoms with Crippen LogP contribution in [0.2, 0.25) is 0 Å². The molecule has 84 valence electrons. The number of carbonyl (C=O) groups excluding carboxylic acids is 1. The van der Waals surface area contributed by atoms with Gasteiger partial charge in [-0.25, -0.2) is 0 Å². The van der Waals surface area contributed by atoms with Gasteiger partial charge in [-0.2, -0.15) is 0 Å². The van der Waals surface area contributed by atoms with Gasteiger partial charge in [0.05, 0.1) is 27.7 Å². The maximum absolute atomic E-state index is 11.9. The largest absolute Gasteiger partial charge is 0.345 e. The van der Waals surface area contributed by atoms with Gasteiger partial charge in [-0.1, -0.05) is 5.11 Å². The number of likely N-dealkylation sites (N-methyl/N-ethyl adjacent to an activating group) is 1. The van der Waals surface area contributed by atoms with E-state index in [9.17, 15) is 4.79 Å². The van der Waals surface area contributed by atoms with Crippen LogP contribution in [-0.4, -0.2) is 57.1 Å². The normalized spacial score (nSPS) is 26.1. The zero-order valence-electron chi connectivity index (χ0n) is 9.13. The highest BCUT2D eigenvalue weighted by Gasteiger charge is 2.54. The molecule has 7 heteroatoms. The molecule has 1 saturated heterocycles. The van der Waals surface area contributed by atoms with Crippen LogP contribution in [0, 0.1) is 0 Å². The standard InChI is InChI=1S/C8H15N4O3/c1-12(2,3)8(5-14-6-15-8)7(13)4-10-11-9/h4-6H2,1-3H3/q+1. The van der Waals surface area contributed by atoms with E-state index in [1.807, 2.05) is 21.1 Å². The Hall–Kier alpha value is -1.14. The summed E-state index contributed by atoms with van der Waals surface area (Å²) in [5, 5.41) is 3.26. The minimum atomic E-state index is -1.05. The second kappa shape index (κ2) is 4.16. The summed E-state index contributed by atoms with van der Waals surface area (Å²) in [6, 6.07) is 0. The summed E-state index contributed by atoms with van der Waals surface area (Å²) in [5.41, 5.74) is 7.13. The Bertz CT molecular complexity index is 297. The SMILES string of the molecule is C[N+](C)(C)C1(C(=O)CN=[N+]=[N-])COCO1. The number of ketones is 1. The van der Waals surface area contributed by atoms with Crippen LogP contribution in [0.5, 0.6) is 0 Å². The van der Waals surface area contributed by atoms with Gasteiger partial charge in [0.1, 0.15) is 6.61 Å². The monoisotopic (exact) mass is 215 g/mol. The van der Waals surface area contributed by atoms with Crippen molar-refractivity contribution < 1.29 is 18.8 Å². The van der Waals surface area contributed by atoms with Crippen LogP contribution >= 0.6 is 0 Å². The van der Waals surface area contributed by atoms with Crippen LogP contribution in [0.3, 0.4) is 0 Å². The molecular formula is C8H15N4O3+. The molecule has 1 unspecified atom stereocenters. The summed E-state index contributed by atoms with van der Waals surface area (Å²) in [4.78, 5) is 14.4. The third kappa shape index (κ3) is 2.10. The molecule has 0 bridgehead atoms. The fraction of sp³-hybridized carbons (Fsp3) is 0.875. The first-order valence-corrected chi connectivity index (χ1v) is 4.51. The number of hydrogen-bond donors (Lipinski definition) is 0. The maximum Gasteiger partial charge on any atom is 0.289 e. The third-order valence-corrected chi connectivity index (χ3v) is 2.48. The molecule has 1 aliphatic rings. The molecular weight excluding hydrogens is 200 g/mol. The Kier molecular flexibility index (Phi) is 3.31. The first-order valence-electron chi connectivity index (χ1n) is 4.51. The highest BCUT2D eigenvalue weighted by atomic mass is 16.7. The number of azide groups is 1. The van der Waals surface area contributed by atoms with Crippen molar-refractivity contribution in [3.8, 4) is 0 Å². The zero-order chi connectivity index (χ0) is 11.5. The van der Waals surface area contributed by atoms with E-state index in [0.29, 0.717) is 0 Å². The smallest absolute Gasteiger partial charge is 0.289 e. The molecule has 0 amide bonds. The molecule has 0 aliphatic carbocycles. The van der Waals surface area contributed by atoms with Gasteiger partial charge in [0, 0.05) is 4.91 Å². The van der Waals surface area contributed by atoms with E-state index in [2.05, 4.69) is 10.0 Å². The summed E-state index contributed by atoms with van der Waals surface area (Å²) in [7, 11) is 5.51. The third-order valence-electron chi connectivity index (χ3n) is 2.48. The number of quaternary nitrogens is 1. The molecule has 15 heavy (non-hydrogen) atoms. The van der Waals surface area contributed by atoms with Crippen molar-refractivity contribution in [2.24, 2.45) is 5.11 Å². The van der Waals surface area contributed by atoms with Gasteiger partial charge in [-0.3, -0.25) is 14.0 Å². The van der Waals surface area contributed by atoms with Gasteiger partial charge in [-0.05, 0) is 5.53 Å². The van der Waals surface area contributed by atoms with Gasteiger partial charge < -0.3 is 4.74 Å². The molecule has 0 N–H and O–H groups in total. The van der Waals surface area contributed by atoms with Crippen LogP contribution in [0.4, 0.5) is 0 Å². The molecule has 1 heterocycles. The van der Waals surface area contributed by atoms with E-state index in [1.54, 1.807) is 0 Å². The van der Waals surface area contributed by atoms with Crippen LogP contribution < -0.4 is 0 Å². The topological polar surface area (TPSA) is 84.3 Å². The first kappa shape index (κ1) is 11.9. The highest BCUT2D eigenvalue weighted by Crippen LogP contribution is 2.27. The molecule has 1 rings (SSSR count). The zero-order valence-corrected chi connectivity index (χ0v) is 9.13. The predicted octanol–water partition coefficient (Wildman–Crippen LogP) is 0.273. The summed E-state index contributed by atoms with van der Waals surface area (Å²) < 4.78 is 10.8. The number of carbonyl (C=O) groups is 1. The lowest BCUT2D eigenvalue weighted by atomic mass is 10.1. The molecule has 0 aromatic heterocycles. The van der Waals surface area contributed by atoms with Gasteiger partial charge in [0.2, 0.25) is 5.78 Å². The molecule has 0 saturated carbocycles. The van der Waals surface area contributed by atoms with Crippen LogP contribution in [0.15, 0.2) is 5.11 Å². The van der Waals surface area contributed by atoms with Gasteiger partial charge in [0.15, 0.2) is 6.79 Å². The first-order chi connectivity index (χ1) is 6.94. The minimum Gasteiger partial charge on any atom is -0.345 e. The van der Waals surface area contributed by atoms with Crippen LogP contribution in [-0.2, 0) is 14.3 Å². The Morgan fingerprint density at radius 3 is 2.67 bits per heavy atom. The molecule has 0 aromatic carbocycles. The lowest BCUT2D eigenvalue weighted by Crippen LogP contribution is -2.64. The minimum absolute atomic E-state index is 0.0948. The average Bonchev–Trinajstić information content (AvgIpc) is 2.62. The fourth-order valence-electron chi connectivity index (χ4n) is 1.50. The number of hydrogen-bond acceptors (Lipinski definition) is 4. The van der Waals surface area contributed by atoms with E-state index >= 15 is 0 Å². The molecule has 1 atom stereocenters. The summed E-state index contributed by atoms with van der Waals surface area (Å²) in [6.07, 6.45) is 0. The molecule has 0 spiro atoms. The van der Waals surface area contributed by atoms with Gasteiger partial charge >= 0.3 is 0 Å². The Balaban J connectivity index is 2.91. The Morgan fingerprint density at radius 2 is 2.27 bits per heavy atom. The van der Waals surface area contributed by atoms with E-state index in [-0.39, 0.29) is 30.2 Å². The fourth-order valence-corrected chi connectivity index (χ4v) is 1.50. The molecule has 0 radical (unpaired) electrons. The van der Waals surface area contributed by atoms with Crippen molar-refractivity contribution in [3.63, 3.8) is 0 Å². The van der Waals surface area contributed by atoms with E-state index in [1.165, 1.54) is 0 Å². The van der Waals surface area contributed by atoms with Gasteiger partial charge in [0.25, 0.3) is 5.72 Å². The van der Waals surface area contributed by atoms with Crippen molar-refractivity contribution in [2.75, 3.05) is 41.1 Å². The predicted molar refractivity (Wildman–Crippen MR) is 51.7 cm³/mol. The van der Waals surface area contributed by atoms with Crippen molar-refractivity contribution >= 4 is 5.78 Å². The summed E-state index contributed by atoms with van der Waals surface area (Å²) in [6.45, 7) is 0.0726. The second-order valence-electron chi connectivity index (χ2n) is 4.22. The van der Waals surface area contributed by atoms with Crippen molar-refractivity contribution in [2.45, 2.75) is 5.72 Å². The molecule has 1 aliphatic heterocycles. The van der Waals surface area contributed by atoms with Crippen molar-refractivity contribution in [1.82, 2.24) is 0 Å². The maximum atomic E-state index is 11.9. The van der Waals surface area contributed by atoms with Crippen molar-refractivity contribution in [3.05, 3.63) is 10.4 Å². The molecule has 7 nitrogen and oxygen atoms in total. The molecule has 1 fully saturated rings. The number of ether oxygens (including phenoxy) is 2. The quantitative estimate of drug-likeness (QED) is 0.292. The number of nitrogens with zero attached hydrogens (tertiary/aromatic N) is 4. The average molecular weight is 215 g/mol. The van der Waals surface area contributed by atoms with E-state index < -0.39 is 5.72 Å². The summed E-state index contributed by atoms with van der Waals surface area (Å²) in [5.74, 6) is -0.259. The summed E-state index contributed by atoms with van der Waals surface area (Å²) >= 11 is 0. The van der Waals surface area contributed by atoms with E-state index in [4.69, 9.17) is 15.0 Å². The lowest BCUT2D eigenvalue weighted by molar-refractivity contribution is -0.934. The second-order valence-corrected chi connectivity index (χ2v) is 4.22. The lowest BCUT2D eigenvalue weighted by Gasteiger charge is -2.39. The molecule has 0 aromatic rings. The number of rotatable bonds is 4. The number of Topliss-reactive ketones (excluding diaryl/α,β-unsaturated/α-hetero) is 1. The Labute approximate surface area is 87.8 Å². The van der Waals surface area contributed by atoms with Crippen molar-refractivity contribution in [1.29, 1.82) is 0 Å². The van der Waals surface area contributed by atoms with Crippen LogP contribution in [0.25, 0.3) is 10.4 Å². The Morgan fingerprint density at radius 1 is 1.60 bits per heavy atom. The van der Waals surface area contributed by atoms with E-state index in [0.717, 1.165) is 0 Å².